The number of nitrogens with zero attached hydrogens (tertiary/aromatic N) is 2. The van der Waals surface area contributed by atoms with Crippen LogP contribution in [0.2, 0.25) is 0 Å². The number of ether oxygens (including phenoxy) is 1. The molecule has 2 heterocycles. The number of hydrogen-bond acceptors (Lipinski definition) is 4. The minimum Gasteiger partial charge on any atom is -0.381 e. The summed E-state index contributed by atoms with van der Waals surface area (Å²) in [6.07, 6.45) is 2.27. The van der Waals surface area contributed by atoms with Gasteiger partial charge in [0.05, 0.1) is 11.0 Å². The quantitative estimate of drug-likeness (QED) is 0.548. The molecule has 0 bridgehead atoms. The Morgan fingerprint density at radius 3 is 2.57 bits per heavy atom. The van der Waals surface area contributed by atoms with Gasteiger partial charge in [0.1, 0.15) is 5.82 Å². The van der Waals surface area contributed by atoms with Crippen molar-refractivity contribution in [2.45, 2.75) is 50.5 Å². The average molecular weight is 396 g/mol. The van der Waals surface area contributed by atoms with Crippen molar-refractivity contribution in [2.24, 2.45) is 5.92 Å². The van der Waals surface area contributed by atoms with Crippen LogP contribution in [0.1, 0.15) is 39.4 Å². The van der Waals surface area contributed by atoms with Crippen molar-refractivity contribution >= 4 is 28.7 Å². The Morgan fingerprint density at radius 1 is 1.11 bits per heavy atom. The van der Waals surface area contributed by atoms with Crippen LogP contribution in [-0.4, -0.2) is 22.8 Å². The summed E-state index contributed by atoms with van der Waals surface area (Å²) in [5.41, 5.74) is 3.44. The molecule has 1 aliphatic rings. The summed E-state index contributed by atoms with van der Waals surface area (Å²) in [6.45, 7) is 9.55. The molecule has 0 spiro atoms. The molecule has 1 N–H and O–H groups in total. The summed E-state index contributed by atoms with van der Waals surface area (Å²) in [6, 6.07) is 16.9. The van der Waals surface area contributed by atoms with Crippen molar-refractivity contribution in [3.8, 4) is 0 Å². The number of aromatic nitrogens is 2. The maximum atomic E-state index is 5.55. The van der Waals surface area contributed by atoms with Crippen LogP contribution in [0.5, 0.6) is 0 Å². The summed E-state index contributed by atoms with van der Waals surface area (Å²) in [7, 11) is 0. The molecule has 2 aromatic carbocycles. The van der Waals surface area contributed by atoms with Gasteiger partial charge in [0, 0.05) is 35.8 Å². The molecule has 4 rings (SSSR count). The number of rotatable bonds is 5. The van der Waals surface area contributed by atoms with Gasteiger partial charge < -0.3 is 14.0 Å². The van der Waals surface area contributed by atoms with Crippen molar-refractivity contribution in [1.82, 2.24) is 9.55 Å². The first kappa shape index (κ1) is 19.3. The van der Waals surface area contributed by atoms with Gasteiger partial charge >= 0.3 is 0 Å². The van der Waals surface area contributed by atoms with Gasteiger partial charge in [-0.05, 0) is 61.0 Å². The third-order valence-corrected chi connectivity index (χ3v) is 6.06. The Morgan fingerprint density at radius 2 is 1.86 bits per heavy atom. The molecule has 148 valence electrons. The van der Waals surface area contributed by atoms with Crippen LogP contribution in [0, 0.1) is 5.92 Å². The Hall–Kier alpha value is -1.98. The maximum absolute atomic E-state index is 5.55. The van der Waals surface area contributed by atoms with Crippen LogP contribution in [0.4, 0.5) is 5.69 Å². The molecule has 5 heteroatoms. The smallest absolute Gasteiger partial charge is 0.115 e. The Bertz CT molecular complexity index is 924. The summed E-state index contributed by atoms with van der Waals surface area (Å²) < 4.78 is 11.4. The maximum Gasteiger partial charge on any atom is 0.115 e. The van der Waals surface area contributed by atoms with E-state index in [4.69, 9.17) is 9.72 Å². The van der Waals surface area contributed by atoms with Gasteiger partial charge in [0.25, 0.3) is 0 Å². The molecular formula is C23H29N3OS. The van der Waals surface area contributed by atoms with E-state index >= 15 is 0 Å². The molecular weight excluding hydrogens is 366 g/mol. The largest absolute Gasteiger partial charge is 0.381 e. The Balaban J connectivity index is 1.61. The zero-order valence-electron chi connectivity index (χ0n) is 16.9. The van der Waals surface area contributed by atoms with Crippen LogP contribution < -0.4 is 4.72 Å². The first-order chi connectivity index (χ1) is 13.5. The lowest BCUT2D eigenvalue weighted by atomic mass is 9.94. The molecule has 0 aliphatic carbocycles. The fourth-order valence-corrected chi connectivity index (χ4v) is 4.42. The van der Waals surface area contributed by atoms with Gasteiger partial charge in [-0.2, -0.15) is 0 Å². The second kappa shape index (κ2) is 8.18. The minimum atomic E-state index is 0.0137. The van der Waals surface area contributed by atoms with Gasteiger partial charge in [-0.1, -0.05) is 39.0 Å². The first-order valence-corrected chi connectivity index (χ1v) is 10.9. The fraction of sp³-hybridized carbons (Fsp3) is 0.435. The standard InChI is InChI=1S/C23H29N3OS/c1-23(2,3)22-24-20-15-19(28-25-18-7-5-4-6-8-18)9-10-21(20)26(22)16-17-11-13-27-14-12-17/h4-10,15,17,25H,11-14,16H2,1-3H3. The molecule has 1 saturated heterocycles. The topological polar surface area (TPSA) is 39.1 Å². The SMILES string of the molecule is CC(C)(C)c1nc2cc(SNc3ccccc3)ccc2n1CC1CCOCC1. The highest BCUT2D eigenvalue weighted by atomic mass is 32.2. The van der Waals surface area contributed by atoms with Crippen molar-refractivity contribution in [3.63, 3.8) is 0 Å². The molecule has 1 aliphatic heterocycles. The summed E-state index contributed by atoms with van der Waals surface area (Å²) in [5.74, 6) is 1.84. The van der Waals surface area contributed by atoms with Crippen LogP contribution in [0.3, 0.4) is 0 Å². The van der Waals surface area contributed by atoms with E-state index in [-0.39, 0.29) is 5.41 Å². The molecule has 0 unspecified atom stereocenters. The number of anilines is 1. The molecule has 4 nitrogen and oxygen atoms in total. The molecule has 0 atom stereocenters. The second-order valence-corrected chi connectivity index (χ2v) is 9.45. The fourth-order valence-electron chi connectivity index (χ4n) is 3.74. The lowest BCUT2D eigenvalue weighted by molar-refractivity contribution is 0.0611. The van der Waals surface area contributed by atoms with E-state index in [1.54, 1.807) is 11.9 Å². The van der Waals surface area contributed by atoms with Crippen molar-refractivity contribution in [2.75, 3.05) is 17.9 Å². The number of benzene rings is 2. The highest BCUT2D eigenvalue weighted by Gasteiger charge is 2.25. The van der Waals surface area contributed by atoms with E-state index in [0.717, 1.165) is 43.8 Å². The van der Waals surface area contributed by atoms with E-state index < -0.39 is 0 Å². The summed E-state index contributed by atoms with van der Waals surface area (Å²) in [5, 5.41) is 0. The zero-order valence-corrected chi connectivity index (χ0v) is 17.8. The van der Waals surface area contributed by atoms with Crippen LogP contribution in [0.25, 0.3) is 11.0 Å². The lowest BCUT2D eigenvalue weighted by Crippen LogP contribution is -2.25. The van der Waals surface area contributed by atoms with E-state index in [9.17, 15) is 0 Å². The number of imidazole rings is 1. The van der Waals surface area contributed by atoms with Gasteiger partial charge in [0.2, 0.25) is 0 Å². The first-order valence-electron chi connectivity index (χ1n) is 10.1. The molecule has 3 aromatic rings. The van der Waals surface area contributed by atoms with Crippen molar-refractivity contribution < 1.29 is 4.74 Å². The molecule has 0 amide bonds. The monoisotopic (exact) mass is 395 g/mol. The normalized spacial score (nSPS) is 15.8. The van der Waals surface area contributed by atoms with E-state index in [1.165, 1.54) is 16.2 Å². The predicted octanol–water partition coefficient (Wildman–Crippen LogP) is 5.88. The number of fused-ring (bicyclic) bond motifs is 1. The predicted molar refractivity (Wildman–Crippen MR) is 118 cm³/mol. The van der Waals surface area contributed by atoms with E-state index in [2.05, 4.69) is 60.4 Å². The summed E-state index contributed by atoms with van der Waals surface area (Å²) in [4.78, 5) is 6.23. The zero-order chi connectivity index (χ0) is 19.6. The number of nitrogens with one attached hydrogen (secondary N) is 1. The second-order valence-electron chi connectivity index (χ2n) is 8.57. The third-order valence-electron chi connectivity index (χ3n) is 5.23. The van der Waals surface area contributed by atoms with Gasteiger partial charge in [-0.3, -0.25) is 0 Å². The van der Waals surface area contributed by atoms with Crippen molar-refractivity contribution in [3.05, 3.63) is 54.4 Å². The number of hydrogen-bond donors (Lipinski definition) is 1. The molecule has 1 aromatic heterocycles. The van der Waals surface area contributed by atoms with Gasteiger partial charge in [-0.15, -0.1) is 0 Å². The van der Waals surface area contributed by atoms with Gasteiger partial charge in [0.15, 0.2) is 0 Å². The van der Waals surface area contributed by atoms with Gasteiger partial charge in [-0.25, -0.2) is 4.98 Å². The van der Waals surface area contributed by atoms with E-state index in [1.807, 2.05) is 18.2 Å². The molecule has 28 heavy (non-hydrogen) atoms. The average Bonchev–Trinajstić information content (AvgIpc) is 3.06. The number of para-hydroxylation sites is 1. The lowest BCUT2D eigenvalue weighted by Gasteiger charge is -2.26. The molecule has 0 saturated carbocycles. The van der Waals surface area contributed by atoms with Crippen LogP contribution in [-0.2, 0) is 16.7 Å². The third kappa shape index (κ3) is 4.36. The van der Waals surface area contributed by atoms with E-state index in [0.29, 0.717) is 5.92 Å². The Labute approximate surface area is 171 Å². The highest BCUT2D eigenvalue weighted by Crippen LogP contribution is 2.31. The minimum absolute atomic E-state index is 0.0137. The van der Waals surface area contributed by atoms with Crippen molar-refractivity contribution in [1.29, 1.82) is 0 Å². The van der Waals surface area contributed by atoms with Crippen LogP contribution >= 0.6 is 11.9 Å². The molecule has 0 radical (unpaired) electrons. The Kier molecular flexibility index (Phi) is 5.65. The molecule has 1 fully saturated rings. The highest BCUT2D eigenvalue weighted by molar-refractivity contribution is 8.00. The van der Waals surface area contributed by atoms with Crippen LogP contribution in [0.15, 0.2) is 53.4 Å². The summed E-state index contributed by atoms with van der Waals surface area (Å²) >= 11 is 1.63.